The first-order valence-electron chi connectivity index (χ1n) is 7.03. The number of anilines is 1. The fourth-order valence-electron chi connectivity index (χ4n) is 2.53. The molecule has 0 unspecified atom stereocenters. The number of benzene rings is 2. The molecule has 0 aromatic heterocycles. The van der Waals surface area contributed by atoms with Gasteiger partial charge in [-0.3, -0.25) is 0 Å². The summed E-state index contributed by atoms with van der Waals surface area (Å²) in [6.45, 7) is 3.65. The Morgan fingerprint density at radius 3 is 2.75 bits per heavy atom. The van der Waals surface area contributed by atoms with Crippen molar-refractivity contribution in [1.29, 1.82) is 0 Å². The van der Waals surface area contributed by atoms with Crippen molar-refractivity contribution < 1.29 is 4.74 Å². The lowest BCUT2D eigenvalue weighted by Crippen LogP contribution is -2.01. The van der Waals surface area contributed by atoms with Gasteiger partial charge in [-0.1, -0.05) is 30.7 Å². The standard InChI is InChI=1S/C17H18ClNO/c1-2-12-3-5-16(6-4-12)19-11-14-10-15(18)9-13-7-8-20-17(13)14/h3-6,9-10,19H,2,7-8,11H2,1H3. The molecular weight excluding hydrogens is 270 g/mol. The Morgan fingerprint density at radius 2 is 2.00 bits per heavy atom. The molecule has 104 valence electrons. The van der Waals surface area contributed by atoms with Gasteiger partial charge in [0.1, 0.15) is 5.75 Å². The van der Waals surface area contributed by atoms with Crippen molar-refractivity contribution in [3.8, 4) is 5.75 Å². The lowest BCUT2D eigenvalue weighted by atomic mass is 10.1. The first-order valence-corrected chi connectivity index (χ1v) is 7.41. The number of ether oxygens (including phenoxy) is 1. The number of aryl methyl sites for hydroxylation is 1. The first-order chi connectivity index (χ1) is 9.76. The number of fused-ring (bicyclic) bond motifs is 1. The number of hydrogen-bond donors (Lipinski definition) is 1. The number of rotatable bonds is 4. The summed E-state index contributed by atoms with van der Waals surface area (Å²) in [4.78, 5) is 0. The Morgan fingerprint density at radius 1 is 1.20 bits per heavy atom. The third-order valence-corrected chi connectivity index (χ3v) is 3.89. The summed E-state index contributed by atoms with van der Waals surface area (Å²) in [5.41, 5.74) is 4.82. The average molecular weight is 288 g/mol. The van der Waals surface area contributed by atoms with Crippen LogP contribution in [0.15, 0.2) is 36.4 Å². The third-order valence-electron chi connectivity index (χ3n) is 3.67. The highest BCUT2D eigenvalue weighted by molar-refractivity contribution is 6.30. The molecule has 0 aliphatic carbocycles. The van der Waals surface area contributed by atoms with Gasteiger partial charge in [0.25, 0.3) is 0 Å². The molecule has 1 aliphatic rings. The molecule has 2 nitrogen and oxygen atoms in total. The van der Waals surface area contributed by atoms with Gasteiger partial charge in [-0.25, -0.2) is 0 Å². The topological polar surface area (TPSA) is 21.3 Å². The van der Waals surface area contributed by atoms with Crippen LogP contribution in [0.25, 0.3) is 0 Å². The van der Waals surface area contributed by atoms with E-state index in [1.807, 2.05) is 12.1 Å². The van der Waals surface area contributed by atoms with Crippen LogP contribution in [0.4, 0.5) is 5.69 Å². The van der Waals surface area contributed by atoms with E-state index >= 15 is 0 Å². The van der Waals surface area contributed by atoms with Gasteiger partial charge in [-0.2, -0.15) is 0 Å². The molecule has 1 heterocycles. The lowest BCUT2D eigenvalue weighted by molar-refractivity contribution is 0.354. The molecule has 2 aromatic carbocycles. The first kappa shape index (κ1) is 13.3. The highest BCUT2D eigenvalue weighted by atomic mass is 35.5. The summed E-state index contributed by atoms with van der Waals surface area (Å²) in [5, 5.41) is 4.22. The second kappa shape index (κ2) is 5.76. The van der Waals surface area contributed by atoms with Crippen LogP contribution in [0.3, 0.4) is 0 Å². The molecule has 1 N–H and O–H groups in total. The molecule has 0 amide bonds. The van der Waals surface area contributed by atoms with E-state index in [9.17, 15) is 0 Å². The molecule has 0 radical (unpaired) electrons. The van der Waals surface area contributed by atoms with Gasteiger partial charge in [-0.15, -0.1) is 0 Å². The molecule has 0 fully saturated rings. The molecule has 0 spiro atoms. The predicted octanol–water partition coefficient (Wildman–Crippen LogP) is 4.45. The van der Waals surface area contributed by atoms with Crippen molar-refractivity contribution in [3.05, 3.63) is 58.1 Å². The average Bonchev–Trinajstić information content (AvgIpc) is 2.93. The van der Waals surface area contributed by atoms with Crippen LogP contribution in [0.2, 0.25) is 5.02 Å². The number of nitrogens with one attached hydrogen (secondary N) is 1. The van der Waals surface area contributed by atoms with Crippen molar-refractivity contribution in [2.45, 2.75) is 26.3 Å². The van der Waals surface area contributed by atoms with Gasteiger partial charge in [-0.05, 0) is 41.8 Å². The maximum atomic E-state index is 6.17. The minimum atomic E-state index is 0.731. The monoisotopic (exact) mass is 287 g/mol. The van der Waals surface area contributed by atoms with Gasteiger partial charge in [0.05, 0.1) is 6.61 Å². The molecule has 0 saturated heterocycles. The van der Waals surface area contributed by atoms with Gasteiger partial charge < -0.3 is 10.1 Å². The zero-order valence-electron chi connectivity index (χ0n) is 11.6. The molecule has 2 aromatic rings. The summed E-state index contributed by atoms with van der Waals surface area (Å²) in [6.07, 6.45) is 2.02. The van der Waals surface area contributed by atoms with Crippen LogP contribution in [0.1, 0.15) is 23.6 Å². The quantitative estimate of drug-likeness (QED) is 0.897. The van der Waals surface area contributed by atoms with E-state index in [-0.39, 0.29) is 0 Å². The van der Waals surface area contributed by atoms with Crippen molar-refractivity contribution in [2.75, 3.05) is 11.9 Å². The summed E-state index contributed by atoms with van der Waals surface area (Å²) >= 11 is 6.17. The van der Waals surface area contributed by atoms with Gasteiger partial charge >= 0.3 is 0 Å². The van der Waals surface area contributed by atoms with Crippen LogP contribution in [0.5, 0.6) is 5.75 Å². The third kappa shape index (κ3) is 2.75. The van der Waals surface area contributed by atoms with Crippen molar-refractivity contribution in [1.82, 2.24) is 0 Å². The van der Waals surface area contributed by atoms with E-state index < -0.39 is 0 Å². The summed E-state index contributed by atoms with van der Waals surface area (Å²) in [5.74, 6) is 1.01. The van der Waals surface area contributed by atoms with E-state index in [1.54, 1.807) is 0 Å². The Labute approximate surface area is 124 Å². The minimum absolute atomic E-state index is 0.731. The number of hydrogen-bond acceptors (Lipinski definition) is 2. The highest BCUT2D eigenvalue weighted by Crippen LogP contribution is 2.33. The van der Waals surface area contributed by atoms with E-state index in [1.165, 1.54) is 11.1 Å². The van der Waals surface area contributed by atoms with Crippen LogP contribution in [-0.2, 0) is 19.4 Å². The normalized spacial score (nSPS) is 12.9. The lowest BCUT2D eigenvalue weighted by Gasteiger charge is -2.11. The maximum absolute atomic E-state index is 6.17. The van der Waals surface area contributed by atoms with Gasteiger partial charge in [0.2, 0.25) is 0 Å². The molecule has 20 heavy (non-hydrogen) atoms. The Kier molecular flexibility index (Phi) is 3.83. The fraction of sp³-hybridized carbons (Fsp3) is 0.294. The molecular formula is C17H18ClNO. The zero-order chi connectivity index (χ0) is 13.9. The predicted molar refractivity (Wildman–Crippen MR) is 83.8 cm³/mol. The molecule has 0 saturated carbocycles. The van der Waals surface area contributed by atoms with Crippen LogP contribution in [-0.4, -0.2) is 6.61 Å². The maximum Gasteiger partial charge on any atom is 0.127 e. The van der Waals surface area contributed by atoms with Crippen molar-refractivity contribution >= 4 is 17.3 Å². The number of halogens is 1. The summed E-state index contributed by atoms with van der Waals surface area (Å²) in [7, 11) is 0. The fourth-order valence-corrected chi connectivity index (χ4v) is 2.80. The van der Waals surface area contributed by atoms with E-state index in [0.717, 1.165) is 48.0 Å². The largest absolute Gasteiger partial charge is 0.493 e. The van der Waals surface area contributed by atoms with Crippen molar-refractivity contribution in [2.24, 2.45) is 0 Å². The van der Waals surface area contributed by atoms with Crippen LogP contribution in [0, 0.1) is 0 Å². The highest BCUT2D eigenvalue weighted by Gasteiger charge is 2.17. The van der Waals surface area contributed by atoms with Gasteiger partial charge in [0, 0.05) is 29.2 Å². The van der Waals surface area contributed by atoms with E-state index in [2.05, 4.69) is 36.5 Å². The smallest absolute Gasteiger partial charge is 0.127 e. The Balaban J connectivity index is 1.75. The SMILES string of the molecule is CCc1ccc(NCc2cc(Cl)cc3c2OCC3)cc1. The molecule has 3 heteroatoms. The second-order valence-electron chi connectivity index (χ2n) is 5.06. The second-order valence-corrected chi connectivity index (χ2v) is 5.49. The summed E-state index contributed by atoms with van der Waals surface area (Å²) < 4.78 is 5.71. The van der Waals surface area contributed by atoms with Crippen molar-refractivity contribution in [3.63, 3.8) is 0 Å². The van der Waals surface area contributed by atoms with Crippen LogP contribution < -0.4 is 10.1 Å². The molecule has 1 aliphatic heterocycles. The zero-order valence-corrected chi connectivity index (χ0v) is 12.3. The molecule has 0 bridgehead atoms. The minimum Gasteiger partial charge on any atom is -0.493 e. The summed E-state index contributed by atoms with van der Waals surface area (Å²) in [6, 6.07) is 12.5. The van der Waals surface area contributed by atoms with Crippen LogP contribution >= 0.6 is 11.6 Å². The van der Waals surface area contributed by atoms with E-state index in [0.29, 0.717) is 0 Å². The Bertz CT molecular complexity index is 607. The Hall–Kier alpha value is -1.67. The van der Waals surface area contributed by atoms with Gasteiger partial charge in [0.15, 0.2) is 0 Å². The molecule has 0 atom stereocenters. The van der Waals surface area contributed by atoms with E-state index in [4.69, 9.17) is 16.3 Å². The molecule has 3 rings (SSSR count).